The number of para-hydroxylation sites is 2. The van der Waals surface area contributed by atoms with Gasteiger partial charge in [0, 0.05) is 46.4 Å². The largest absolute Gasteiger partial charge is 0.378 e. The second-order valence-corrected chi connectivity index (χ2v) is 8.23. The van der Waals surface area contributed by atoms with E-state index in [1.165, 1.54) is 11.7 Å². The summed E-state index contributed by atoms with van der Waals surface area (Å²) >= 11 is 0. The Hall–Kier alpha value is -3.45. The van der Waals surface area contributed by atoms with E-state index >= 15 is 0 Å². The van der Waals surface area contributed by atoms with Gasteiger partial charge in [0.15, 0.2) is 5.82 Å². The SMILES string of the molecule is COCC(=O)N1CCN(c2nc(N3CCOCC3)nc(-n3c(C(F)F)nc4ccccc43)n2)CC1. The van der Waals surface area contributed by atoms with Crippen LogP contribution in [0.15, 0.2) is 24.3 Å². The van der Waals surface area contributed by atoms with Crippen molar-refractivity contribution in [2.24, 2.45) is 0 Å². The fourth-order valence-corrected chi connectivity index (χ4v) is 4.26. The molecule has 0 bridgehead atoms. The van der Waals surface area contributed by atoms with Crippen LogP contribution >= 0.6 is 0 Å². The fourth-order valence-electron chi connectivity index (χ4n) is 4.26. The third kappa shape index (κ3) is 4.73. The Bertz CT molecular complexity index is 1190. The molecule has 11 nitrogen and oxygen atoms in total. The van der Waals surface area contributed by atoms with E-state index < -0.39 is 12.2 Å². The number of aromatic nitrogens is 5. The molecule has 35 heavy (non-hydrogen) atoms. The zero-order valence-electron chi connectivity index (χ0n) is 19.3. The van der Waals surface area contributed by atoms with Gasteiger partial charge < -0.3 is 24.2 Å². The van der Waals surface area contributed by atoms with Crippen LogP contribution < -0.4 is 9.80 Å². The molecule has 0 atom stereocenters. The number of benzene rings is 1. The van der Waals surface area contributed by atoms with E-state index in [-0.39, 0.29) is 18.5 Å². The van der Waals surface area contributed by atoms with Gasteiger partial charge in [0.2, 0.25) is 23.8 Å². The van der Waals surface area contributed by atoms with Crippen LogP contribution in [0.1, 0.15) is 12.2 Å². The number of alkyl halides is 2. The van der Waals surface area contributed by atoms with Crippen molar-refractivity contribution in [1.82, 2.24) is 29.4 Å². The van der Waals surface area contributed by atoms with Gasteiger partial charge >= 0.3 is 0 Å². The zero-order chi connectivity index (χ0) is 24.4. The van der Waals surface area contributed by atoms with E-state index in [1.807, 2.05) is 9.80 Å². The number of hydrogen-bond donors (Lipinski definition) is 0. The highest BCUT2D eigenvalue weighted by Crippen LogP contribution is 2.28. The molecule has 0 saturated carbocycles. The van der Waals surface area contributed by atoms with Crippen LogP contribution in [0.4, 0.5) is 20.7 Å². The topological polar surface area (TPSA) is 102 Å². The van der Waals surface area contributed by atoms with Crippen LogP contribution in [-0.4, -0.2) is 102 Å². The normalized spacial score (nSPS) is 17.0. The van der Waals surface area contributed by atoms with Crippen LogP contribution in [0.5, 0.6) is 0 Å². The number of nitrogens with zero attached hydrogens (tertiary/aromatic N) is 8. The minimum atomic E-state index is -2.82. The molecule has 5 rings (SSSR count). The molecule has 2 aliphatic heterocycles. The molecule has 0 unspecified atom stereocenters. The second-order valence-electron chi connectivity index (χ2n) is 8.23. The maximum atomic E-state index is 14.0. The van der Waals surface area contributed by atoms with Gasteiger partial charge in [-0.2, -0.15) is 15.0 Å². The molecule has 4 heterocycles. The molecule has 1 aromatic carbocycles. The highest BCUT2D eigenvalue weighted by Gasteiger charge is 2.27. The van der Waals surface area contributed by atoms with Crippen molar-refractivity contribution in [3.8, 4) is 5.95 Å². The molecule has 2 aliphatic rings. The Morgan fingerprint density at radius 2 is 1.57 bits per heavy atom. The van der Waals surface area contributed by atoms with Gasteiger partial charge in [0.05, 0.1) is 24.2 Å². The molecular weight excluding hydrogens is 462 g/mol. The van der Waals surface area contributed by atoms with Crippen molar-refractivity contribution in [1.29, 1.82) is 0 Å². The van der Waals surface area contributed by atoms with E-state index in [4.69, 9.17) is 9.47 Å². The first-order valence-corrected chi connectivity index (χ1v) is 11.4. The third-order valence-electron chi connectivity index (χ3n) is 6.06. The van der Waals surface area contributed by atoms with E-state index in [2.05, 4.69) is 19.9 Å². The molecule has 2 fully saturated rings. The fraction of sp³-hybridized carbons (Fsp3) is 0.500. The molecule has 3 aromatic rings. The Labute approximate surface area is 200 Å². The number of rotatable bonds is 6. The predicted molar refractivity (Wildman–Crippen MR) is 123 cm³/mol. The molecular formula is C22H26F2N8O3. The van der Waals surface area contributed by atoms with Gasteiger partial charge in [0.25, 0.3) is 6.43 Å². The summed E-state index contributed by atoms with van der Waals surface area (Å²) in [4.78, 5) is 35.8. The first kappa shape index (κ1) is 23.3. The van der Waals surface area contributed by atoms with Gasteiger partial charge in [-0.25, -0.2) is 13.8 Å². The minimum absolute atomic E-state index is 0.0290. The van der Waals surface area contributed by atoms with E-state index in [0.29, 0.717) is 75.4 Å². The number of piperazine rings is 1. The number of fused-ring (bicyclic) bond motifs is 1. The quantitative estimate of drug-likeness (QED) is 0.508. The number of imidazole rings is 1. The Kier molecular flexibility index (Phi) is 6.68. The average molecular weight is 488 g/mol. The number of hydrogen-bond acceptors (Lipinski definition) is 9. The Morgan fingerprint density at radius 1 is 0.943 bits per heavy atom. The van der Waals surface area contributed by atoms with Crippen molar-refractivity contribution in [3.05, 3.63) is 30.1 Å². The van der Waals surface area contributed by atoms with Crippen LogP contribution in [-0.2, 0) is 14.3 Å². The van der Waals surface area contributed by atoms with Crippen LogP contribution in [0.2, 0.25) is 0 Å². The molecule has 13 heteroatoms. The van der Waals surface area contributed by atoms with Gasteiger partial charge in [-0.1, -0.05) is 12.1 Å². The Morgan fingerprint density at radius 3 is 2.23 bits per heavy atom. The third-order valence-corrected chi connectivity index (χ3v) is 6.06. The number of halogens is 2. The minimum Gasteiger partial charge on any atom is -0.378 e. The lowest BCUT2D eigenvalue weighted by molar-refractivity contribution is -0.135. The number of carbonyl (C=O) groups excluding carboxylic acids is 1. The van der Waals surface area contributed by atoms with Crippen molar-refractivity contribution in [3.63, 3.8) is 0 Å². The molecule has 0 aliphatic carbocycles. The smallest absolute Gasteiger partial charge is 0.296 e. The van der Waals surface area contributed by atoms with Gasteiger partial charge in [-0.3, -0.25) is 9.36 Å². The highest BCUT2D eigenvalue weighted by atomic mass is 19.3. The number of methoxy groups -OCH3 is 1. The summed E-state index contributed by atoms with van der Waals surface area (Å²) in [6.07, 6.45) is -2.82. The summed E-state index contributed by atoms with van der Waals surface area (Å²) in [6.45, 7) is 4.17. The Balaban J connectivity index is 1.54. The standard InChI is InChI=1S/C22H26F2N8O3/c1-34-14-17(33)29-6-8-30(9-7-29)20-26-21(31-10-12-35-13-11-31)28-22(27-20)32-16-5-3-2-4-15(16)25-19(32)18(23)24/h2-5,18H,6-14H2,1H3. The first-order valence-electron chi connectivity index (χ1n) is 11.4. The first-order chi connectivity index (χ1) is 17.0. The van der Waals surface area contributed by atoms with Crippen LogP contribution in [0.25, 0.3) is 17.0 Å². The molecule has 2 saturated heterocycles. The lowest BCUT2D eigenvalue weighted by Gasteiger charge is -2.35. The summed E-state index contributed by atoms with van der Waals surface area (Å²) in [5, 5.41) is 0. The highest BCUT2D eigenvalue weighted by molar-refractivity contribution is 5.78. The average Bonchev–Trinajstić information content (AvgIpc) is 3.29. The second kappa shape index (κ2) is 10.0. The van der Waals surface area contributed by atoms with Gasteiger partial charge in [-0.15, -0.1) is 0 Å². The molecule has 1 amide bonds. The summed E-state index contributed by atoms with van der Waals surface area (Å²) in [5.41, 5.74) is 0.922. The maximum Gasteiger partial charge on any atom is 0.296 e. The number of morpholine rings is 1. The van der Waals surface area contributed by atoms with Gasteiger partial charge in [0.1, 0.15) is 6.61 Å². The van der Waals surface area contributed by atoms with E-state index in [1.54, 1.807) is 29.2 Å². The van der Waals surface area contributed by atoms with Crippen LogP contribution in [0.3, 0.4) is 0 Å². The molecule has 2 aromatic heterocycles. The maximum absolute atomic E-state index is 14.0. The summed E-state index contributed by atoms with van der Waals surface area (Å²) in [5.74, 6) is 0.339. The van der Waals surface area contributed by atoms with Crippen molar-refractivity contribution in [2.45, 2.75) is 6.43 Å². The number of anilines is 2. The van der Waals surface area contributed by atoms with Crippen LogP contribution in [0, 0.1) is 0 Å². The van der Waals surface area contributed by atoms with E-state index in [9.17, 15) is 13.6 Å². The van der Waals surface area contributed by atoms with Crippen molar-refractivity contribution in [2.75, 3.05) is 76.0 Å². The molecule has 0 radical (unpaired) electrons. The predicted octanol–water partition coefficient (Wildman–Crippen LogP) is 1.28. The van der Waals surface area contributed by atoms with Gasteiger partial charge in [-0.05, 0) is 12.1 Å². The van der Waals surface area contributed by atoms with E-state index in [0.717, 1.165) is 0 Å². The summed E-state index contributed by atoms with van der Waals surface area (Å²) in [7, 11) is 1.49. The molecule has 186 valence electrons. The monoisotopic (exact) mass is 488 g/mol. The zero-order valence-corrected chi connectivity index (χ0v) is 19.3. The number of amides is 1. The van der Waals surface area contributed by atoms with Crippen molar-refractivity contribution >= 4 is 28.8 Å². The molecule has 0 spiro atoms. The lowest BCUT2D eigenvalue weighted by atomic mass is 10.3. The summed E-state index contributed by atoms with van der Waals surface area (Å²) < 4.78 is 39.7. The number of ether oxygens (including phenoxy) is 2. The number of carbonyl (C=O) groups is 1. The summed E-state index contributed by atoms with van der Waals surface area (Å²) in [6, 6.07) is 6.90. The van der Waals surface area contributed by atoms with Crippen molar-refractivity contribution < 1.29 is 23.0 Å². The molecule has 0 N–H and O–H groups in total. The lowest BCUT2D eigenvalue weighted by Crippen LogP contribution is -2.50.